The average molecular weight is 404 g/mol. The molecule has 0 saturated carbocycles. The quantitative estimate of drug-likeness (QED) is 0.438. The summed E-state index contributed by atoms with van der Waals surface area (Å²) in [5, 5.41) is 4.39. The van der Waals surface area contributed by atoms with Gasteiger partial charge in [-0.25, -0.2) is 4.98 Å². The zero-order valence-corrected chi connectivity index (χ0v) is 16.9. The molecule has 3 aromatic carbocycles. The number of hydrogen-bond donors (Lipinski definition) is 1. The fourth-order valence-corrected chi connectivity index (χ4v) is 4.35. The Morgan fingerprint density at radius 3 is 2.62 bits per heavy atom. The topological polar surface area (TPSA) is 39.1 Å². The lowest BCUT2D eigenvalue weighted by molar-refractivity contribution is 0.329. The van der Waals surface area contributed by atoms with Crippen LogP contribution in [0.25, 0.3) is 11.0 Å². The Bertz CT molecular complexity index is 1150. The van der Waals surface area contributed by atoms with Crippen LogP contribution in [-0.4, -0.2) is 16.2 Å². The van der Waals surface area contributed by atoms with Crippen LogP contribution in [0.3, 0.4) is 0 Å². The number of para-hydroxylation sites is 3. The molecule has 0 amide bonds. The summed E-state index contributed by atoms with van der Waals surface area (Å²) in [4.78, 5) is 4.88. The molecule has 0 fully saturated rings. The van der Waals surface area contributed by atoms with Crippen molar-refractivity contribution in [3.05, 3.63) is 88.9 Å². The second-order valence-corrected chi connectivity index (χ2v) is 7.70. The third-order valence-corrected chi connectivity index (χ3v) is 5.77. The Kier molecular flexibility index (Phi) is 4.64. The number of nitrogens with one attached hydrogen (secondary N) is 1. The van der Waals surface area contributed by atoms with Crippen molar-refractivity contribution in [3.8, 4) is 5.75 Å². The van der Waals surface area contributed by atoms with Crippen LogP contribution in [0.5, 0.6) is 5.75 Å². The zero-order valence-electron chi connectivity index (χ0n) is 16.2. The third-order valence-electron chi connectivity index (χ3n) is 5.52. The van der Waals surface area contributed by atoms with Crippen molar-refractivity contribution in [1.29, 1.82) is 0 Å². The van der Waals surface area contributed by atoms with Gasteiger partial charge in [0.05, 0.1) is 29.7 Å². The Morgan fingerprint density at radius 1 is 1.03 bits per heavy atom. The van der Waals surface area contributed by atoms with Gasteiger partial charge < -0.3 is 14.6 Å². The van der Waals surface area contributed by atoms with E-state index >= 15 is 0 Å². The predicted octanol–water partition coefficient (Wildman–Crippen LogP) is 6.23. The number of rotatable bonds is 4. The number of halogens is 1. The van der Waals surface area contributed by atoms with Gasteiger partial charge in [-0.2, -0.15) is 0 Å². The van der Waals surface area contributed by atoms with Crippen LogP contribution in [0.1, 0.15) is 36.6 Å². The molecule has 4 aromatic rings. The monoisotopic (exact) mass is 403 g/mol. The lowest BCUT2D eigenvalue weighted by Gasteiger charge is -2.34. The molecule has 5 heteroatoms. The first kappa shape index (κ1) is 18.1. The minimum absolute atomic E-state index is 0.113. The molecule has 0 aliphatic carbocycles. The highest BCUT2D eigenvalue weighted by Gasteiger charge is 2.32. The molecular weight excluding hydrogens is 382 g/mol. The fourth-order valence-electron chi connectivity index (χ4n) is 4.23. The van der Waals surface area contributed by atoms with E-state index in [1.165, 1.54) is 11.1 Å². The molecule has 0 saturated heterocycles. The molecule has 0 spiro atoms. The maximum absolute atomic E-state index is 6.11. The molecule has 1 N–H and O–H groups in total. The van der Waals surface area contributed by atoms with Gasteiger partial charge in [0.1, 0.15) is 5.75 Å². The Hall–Kier alpha value is -2.98. The van der Waals surface area contributed by atoms with Gasteiger partial charge in [-0.05, 0) is 49.2 Å². The van der Waals surface area contributed by atoms with E-state index in [1.54, 1.807) is 0 Å². The predicted molar refractivity (Wildman–Crippen MR) is 118 cm³/mol. The van der Waals surface area contributed by atoms with Crippen molar-refractivity contribution in [2.75, 3.05) is 11.9 Å². The SMILES string of the molecule is CCOc1ccccc1[C@H]1C[C@H](c2ccc(Cl)cc2)Nc2nc3ccccc3n21. The summed E-state index contributed by atoms with van der Waals surface area (Å²) in [7, 11) is 0. The molecule has 146 valence electrons. The van der Waals surface area contributed by atoms with Gasteiger partial charge in [-0.3, -0.25) is 0 Å². The second-order valence-electron chi connectivity index (χ2n) is 7.26. The number of anilines is 1. The van der Waals surface area contributed by atoms with Crippen LogP contribution in [0.2, 0.25) is 5.02 Å². The van der Waals surface area contributed by atoms with Crippen molar-refractivity contribution in [2.24, 2.45) is 0 Å². The van der Waals surface area contributed by atoms with Crippen molar-refractivity contribution in [1.82, 2.24) is 9.55 Å². The molecule has 0 radical (unpaired) electrons. The van der Waals surface area contributed by atoms with E-state index in [-0.39, 0.29) is 12.1 Å². The summed E-state index contributed by atoms with van der Waals surface area (Å²) in [5.41, 5.74) is 4.50. The Labute approximate surface area is 175 Å². The van der Waals surface area contributed by atoms with E-state index in [2.05, 4.69) is 58.4 Å². The smallest absolute Gasteiger partial charge is 0.204 e. The molecule has 1 aliphatic heterocycles. The number of imidazole rings is 1. The first-order chi connectivity index (χ1) is 14.2. The molecule has 1 aromatic heterocycles. The summed E-state index contributed by atoms with van der Waals surface area (Å²) >= 11 is 6.11. The molecule has 2 atom stereocenters. The van der Waals surface area contributed by atoms with Gasteiger partial charge in [0.15, 0.2) is 0 Å². The van der Waals surface area contributed by atoms with Gasteiger partial charge in [0, 0.05) is 10.6 Å². The number of benzene rings is 3. The summed E-state index contributed by atoms with van der Waals surface area (Å²) in [6, 6.07) is 24.9. The van der Waals surface area contributed by atoms with Crippen LogP contribution >= 0.6 is 11.6 Å². The molecule has 29 heavy (non-hydrogen) atoms. The number of aromatic nitrogens is 2. The highest BCUT2D eigenvalue weighted by Crippen LogP contribution is 2.43. The molecule has 4 nitrogen and oxygen atoms in total. The maximum Gasteiger partial charge on any atom is 0.204 e. The molecule has 2 heterocycles. The van der Waals surface area contributed by atoms with E-state index in [1.807, 2.05) is 31.2 Å². The summed E-state index contributed by atoms with van der Waals surface area (Å²) in [6.07, 6.45) is 0.888. The number of fused-ring (bicyclic) bond motifs is 3. The molecular formula is C24H22ClN3O. The summed E-state index contributed by atoms with van der Waals surface area (Å²) in [6.45, 7) is 2.66. The second kappa shape index (κ2) is 7.45. The van der Waals surface area contributed by atoms with Crippen LogP contribution in [0.15, 0.2) is 72.8 Å². The van der Waals surface area contributed by atoms with Crippen LogP contribution in [-0.2, 0) is 0 Å². The van der Waals surface area contributed by atoms with E-state index in [4.69, 9.17) is 21.3 Å². The minimum Gasteiger partial charge on any atom is -0.494 e. The van der Waals surface area contributed by atoms with Gasteiger partial charge in [0.2, 0.25) is 5.95 Å². The van der Waals surface area contributed by atoms with E-state index < -0.39 is 0 Å². The van der Waals surface area contributed by atoms with Gasteiger partial charge in [-0.15, -0.1) is 0 Å². The average Bonchev–Trinajstić information content (AvgIpc) is 3.13. The summed E-state index contributed by atoms with van der Waals surface area (Å²) < 4.78 is 8.28. The van der Waals surface area contributed by atoms with Crippen LogP contribution in [0.4, 0.5) is 5.95 Å². The van der Waals surface area contributed by atoms with Crippen molar-refractivity contribution < 1.29 is 4.74 Å². The maximum atomic E-state index is 6.11. The minimum atomic E-state index is 0.113. The lowest BCUT2D eigenvalue weighted by Crippen LogP contribution is -2.27. The van der Waals surface area contributed by atoms with Crippen LogP contribution < -0.4 is 10.1 Å². The largest absolute Gasteiger partial charge is 0.494 e. The van der Waals surface area contributed by atoms with Gasteiger partial charge >= 0.3 is 0 Å². The van der Waals surface area contributed by atoms with Crippen molar-refractivity contribution in [3.63, 3.8) is 0 Å². The van der Waals surface area contributed by atoms with Crippen molar-refractivity contribution >= 4 is 28.6 Å². The zero-order chi connectivity index (χ0) is 19.8. The molecule has 0 unspecified atom stereocenters. The highest BCUT2D eigenvalue weighted by molar-refractivity contribution is 6.30. The van der Waals surface area contributed by atoms with E-state index in [0.29, 0.717) is 6.61 Å². The standard InChI is InChI=1S/C24H22ClN3O/c1-2-29-23-10-6-3-7-18(23)22-15-20(16-11-13-17(25)14-12-16)27-24-26-19-8-4-5-9-21(19)28(22)24/h3-14,20,22H,2,15H2,1H3,(H,26,27)/t20-,22-/m1/s1. The first-order valence-electron chi connectivity index (χ1n) is 9.95. The third kappa shape index (κ3) is 3.23. The molecule has 0 bridgehead atoms. The van der Waals surface area contributed by atoms with E-state index in [0.717, 1.165) is 34.2 Å². The van der Waals surface area contributed by atoms with Gasteiger partial charge in [-0.1, -0.05) is 54.1 Å². The number of nitrogens with zero attached hydrogens (tertiary/aromatic N) is 2. The normalized spacial score (nSPS) is 18.3. The molecule has 5 rings (SSSR count). The molecule has 1 aliphatic rings. The van der Waals surface area contributed by atoms with Gasteiger partial charge in [0.25, 0.3) is 0 Å². The summed E-state index contributed by atoms with van der Waals surface area (Å²) in [5.74, 6) is 1.81. The van der Waals surface area contributed by atoms with E-state index in [9.17, 15) is 0 Å². The first-order valence-corrected chi connectivity index (χ1v) is 10.3. The fraction of sp³-hybridized carbons (Fsp3) is 0.208. The van der Waals surface area contributed by atoms with Crippen molar-refractivity contribution in [2.45, 2.75) is 25.4 Å². The Balaban J connectivity index is 1.67. The number of hydrogen-bond acceptors (Lipinski definition) is 3. The number of ether oxygens (including phenoxy) is 1. The highest BCUT2D eigenvalue weighted by atomic mass is 35.5. The lowest BCUT2D eigenvalue weighted by atomic mass is 9.92. The van der Waals surface area contributed by atoms with Crippen LogP contribution in [0, 0.1) is 0 Å². The Morgan fingerprint density at radius 2 is 1.79 bits per heavy atom.